The number of carbonyl (C=O) groups is 2. The smallest absolute Gasteiger partial charge is 0.406 e. The minimum Gasteiger partial charge on any atom is -0.406 e. The molecule has 0 atom stereocenters. The van der Waals surface area contributed by atoms with Gasteiger partial charge in [0.15, 0.2) is 0 Å². The highest BCUT2D eigenvalue weighted by Gasteiger charge is 2.30. The van der Waals surface area contributed by atoms with Gasteiger partial charge in [0.1, 0.15) is 5.75 Å². The van der Waals surface area contributed by atoms with E-state index >= 15 is 0 Å². The van der Waals surface area contributed by atoms with E-state index < -0.39 is 23.9 Å². The lowest BCUT2D eigenvalue weighted by atomic mass is 10.2. The number of anilines is 1. The third-order valence-corrected chi connectivity index (χ3v) is 3.36. The van der Waals surface area contributed by atoms with Crippen molar-refractivity contribution in [1.82, 2.24) is 5.32 Å². The fraction of sp³-hybridized carbons (Fsp3) is 0.125. The third-order valence-electron chi connectivity index (χ3n) is 2.87. The lowest BCUT2D eigenvalue weighted by Gasteiger charge is -2.10. The number of nitrogens with one attached hydrogen (secondary N) is 2. The van der Waals surface area contributed by atoms with Crippen LogP contribution in [-0.2, 0) is 4.79 Å². The van der Waals surface area contributed by atoms with Crippen molar-refractivity contribution in [2.24, 2.45) is 0 Å². The Kier molecular flexibility index (Phi) is 6.02. The molecule has 9 heteroatoms. The van der Waals surface area contributed by atoms with Crippen LogP contribution in [0.3, 0.4) is 0 Å². The molecule has 0 saturated carbocycles. The Balaban J connectivity index is 1.85. The molecule has 0 radical (unpaired) electrons. The molecule has 2 rings (SSSR count). The second-order valence-electron chi connectivity index (χ2n) is 4.81. The van der Waals surface area contributed by atoms with Crippen LogP contribution < -0.4 is 15.4 Å². The van der Waals surface area contributed by atoms with Gasteiger partial charge in [-0.3, -0.25) is 9.59 Å². The van der Waals surface area contributed by atoms with E-state index in [1.807, 2.05) is 0 Å². The largest absolute Gasteiger partial charge is 0.573 e. The van der Waals surface area contributed by atoms with Crippen LogP contribution in [0.25, 0.3) is 0 Å². The molecular formula is C16H12BrF3N2O3. The summed E-state index contributed by atoms with van der Waals surface area (Å²) in [7, 11) is 0. The molecule has 0 saturated heterocycles. The van der Waals surface area contributed by atoms with Crippen molar-refractivity contribution in [2.45, 2.75) is 6.36 Å². The zero-order chi connectivity index (χ0) is 18.4. The Hall–Kier alpha value is -2.55. The van der Waals surface area contributed by atoms with E-state index in [4.69, 9.17) is 0 Å². The Morgan fingerprint density at radius 2 is 1.76 bits per heavy atom. The normalized spacial score (nSPS) is 10.9. The number of benzene rings is 2. The molecule has 0 aliphatic carbocycles. The summed E-state index contributed by atoms with van der Waals surface area (Å²) in [6, 6.07) is 11.3. The van der Waals surface area contributed by atoms with Gasteiger partial charge in [-0.05, 0) is 42.5 Å². The summed E-state index contributed by atoms with van der Waals surface area (Å²) in [5, 5.41) is 4.89. The van der Waals surface area contributed by atoms with E-state index in [1.165, 1.54) is 12.1 Å². The molecule has 2 N–H and O–H groups in total. The van der Waals surface area contributed by atoms with Crippen LogP contribution in [0.1, 0.15) is 10.4 Å². The summed E-state index contributed by atoms with van der Waals surface area (Å²) >= 11 is 3.24. The van der Waals surface area contributed by atoms with Crippen molar-refractivity contribution in [3.05, 3.63) is 58.6 Å². The van der Waals surface area contributed by atoms with Crippen LogP contribution in [0.2, 0.25) is 0 Å². The van der Waals surface area contributed by atoms with E-state index in [-0.39, 0.29) is 12.2 Å². The van der Waals surface area contributed by atoms with Crippen LogP contribution in [0, 0.1) is 0 Å². The molecule has 0 aliphatic rings. The van der Waals surface area contributed by atoms with Crippen molar-refractivity contribution in [3.8, 4) is 5.75 Å². The van der Waals surface area contributed by atoms with Gasteiger partial charge in [-0.15, -0.1) is 13.2 Å². The second kappa shape index (κ2) is 8.02. The fourth-order valence-electron chi connectivity index (χ4n) is 1.84. The van der Waals surface area contributed by atoms with Crippen molar-refractivity contribution < 1.29 is 27.5 Å². The molecule has 2 amide bonds. The van der Waals surface area contributed by atoms with Crippen LogP contribution in [0.15, 0.2) is 53.0 Å². The molecule has 2 aromatic rings. The maximum atomic E-state index is 12.1. The van der Waals surface area contributed by atoms with E-state index in [2.05, 4.69) is 31.3 Å². The molecule has 0 bridgehead atoms. The summed E-state index contributed by atoms with van der Waals surface area (Å²) in [6.07, 6.45) is -4.78. The first kappa shape index (κ1) is 18.8. The number of rotatable bonds is 5. The van der Waals surface area contributed by atoms with E-state index in [1.54, 1.807) is 24.3 Å². The van der Waals surface area contributed by atoms with Crippen LogP contribution >= 0.6 is 15.9 Å². The zero-order valence-electron chi connectivity index (χ0n) is 12.6. The number of carbonyl (C=O) groups excluding carboxylic acids is 2. The van der Waals surface area contributed by atoms with Crippen LogP contribution in [-0.4, -0.2) is 24.7 Å². The molecule has 5 nitrogen and oxygen atoms in total. The Morgan fingerprint density at radius 3 is 2.36 bits per heavy atom. The number of hydrogen-bond donors (Lipinski definition) is 2. The van der Waals surface area contributed by atoms with Crippen molar-refractivity contribution in [2.75, 3.05) is 11.9 Å². The molecule has 25 heavy (non-hydrogen) atoms. The molecule has 0 aromatic heterocycles. The third kappa shape index (κ3) is 6.46. The standard InChI is InChI=1S/C16H12BrF3N2O3/c17-11-3-1-2-10(8-11)15(24)21-9-14(23)22-12-4-6-13(7-5-12)25-16(18,19)20/h1-8H,9H2,(H,21,24)(H,22,23). The van der Waals surface area contributed by atoms with Gasteiger partial charge >= 0.3 is 6.36 Å². The molecule has 0 unspecified atom stereocenters. The summed E-state index contributed by atoms with van der Waals surface area (Å²) in [5.74, 6) is -1.34. The SMILES string of the molecule is O=C(CNC(=O)c1cccc(Br)c1)Nc1ccc(OC(F)(F)F)cc1. The average Bonchev–Trinajstić information content (AvgIpc) is 2.53. The monoisotopic (exact) mass is 416 g/mol. The molecule has 0 aliphatic heterocycles. The van der Waals surface area contributed by atoms with Gasteiger partial charge in [-0.1, -0.05) is 22.0 Å². The first-order valence-corrected chi connectivity index (χ1v) is 7.72. The van der Waals surface area contributed by atoms with Gasteiger partial charge in [-0.2, -0.15) is 0 Å². The predicted octanol–water partition coefficient (Wildman–Crippen LogP) is 3.72. The highest BCUT2D eigenvalue weighted by molar-refractivity contribution is 9.10. The molecule has 0 spiro atoms. The maximum Gasteiger partial charge on any atom is 0.573 e. The van der Waals surface area contributed by atoms with E-state index in [0.717, 1.165) is 16.6 Å². The summed E-state index contributed by atoms with van der Waals surface area (Å²) in [6.45, 7) is -0.286. The number of amides is 2. The lowest BCUT2D eigenvalue weighted by molar-refractivity contribution is -0.274. The van der Waals surface area contributed by atoms with Gasteiger partial charge < -0.3 is 15.4 Å². The summed E-state index contributed by atoms with van der Waals surface area (Å²) in [5.41, 5.74) is 0.659. The van der Waals surface area contributed by atoms with Crippen molar-refractivity contribution in [1.29, 1.82) is 0 Å². The first-order valence-electron chi connectivity index (χ1n) is 6.92. The Labute approximate surface area is 149 Å². The van der Waals surface area contributed by atoms with Crippen molar-refractivity contribution >= 4 is 33.4 Å². The van der Waals surface area contributed by atoms with Gasteiger partial charge in [0.2, 0.25) is 5.91 Å². The zero-order valence-corrected chi connectivity index (χ0v) is 14.1. The van der Waals surface area contributed by atoms with Gasteiger partial charge in [0, 0.05) is 15.7 Å². The van der Waals surface area contributed by atoms with E-state index in [0.29, 0.717) is 5.56 Å². The molecular weight excluding hydrogens is 405 g/mol. The maximum absolute atomic E-state index is 12.1. The van der Waals surface area contributed by atoms with Crippen LogP contribution in [0.4, 0.5) is 18.9 Å². The van der Waals surface area contributed by atoms with E-state index in [9.17, 15) is 22.8 Å². The lowest BCUT2D eigenvalue weighted by Crippen LogP contribution is -2.32. The summed E-state index contributed by atoms with van der Waals surface area (Å²) < 4.78 is 40.6. The number of alkyl halides is 3. The number of ether oxygens (including phenoxy) is 1. The van der Waals surface area contributed by atoms with Crippen LogP contribution in [0.5, 0.6) is 5.75 Å². The van der Waals surface area contributed by atoms with Gasteiger partial charge in [-0.25, -0.2) is 0 Å². The first-order chi connectivity index (χ1) is 11.7. The predicted molar refractivity (Wildman–Crippen MR) is 88.2 cm³/mol. The molecule has 2 aromatic carbocycles. The molecule has 132 valence electrons. The minimum absolute atomic E-state index is 0.274. The average molecular weight is 417 g/mol. The number of halogens is 4. The minimum atomic E-state index is -4.78. The molecule has 0 fully saturated rings. The van der Waals surface area contributed by atoms with Gasteiger partial charge in [0.25, 0.3) is 5.91 Å². The topological polar surface area (TPSA) is 67.4 Å². The fourth-order valence-corrected chi connectivity index (χ4v) is 2.24. The summed E-state index contributed by atoms with van der Waals surface area (Å²) in [4.78, 5) is 23.7. The Morgan fingerprint density at radius 1 is 1.08 bits per heavy atom. The highest BCUT2D eigenvalue weighted by Crippen LogP contribution is 2.23. The highest BCUT2D eigenvalue weighted by atomic mass is 79.9. The Bertz CT molecular complexity index is 764. The quantitative estimate of drug-likeness (QED) is 0.780. The number of hydrogen-bond acceptors (Lipinski definition) is 3. The molecule has 0 heterocycles. The van der Waals surface area contributed by atoms with Gasteiger partial charge in [0.05, 0.1) is 6.54 Å². The second-order valence-corrected chi connectivity index (χ2v) is 5.73. The van der Waals surface area contributed by atoms with Crippen molar-refractivity contribution in [3.63, 3.8) is 0 Å².